The lowest BCUT2D eigenvalue weighted by Crippen LogP contribution is -2.58. The first-order chi connectivity index (χ1) is 16.2. The third-order valence-corrected chi connectivity index (χ3v) is 6.97. The van der Waals surface area contributed by atoms with Gasteiger partial charge in [0.1, 0.15) is 17.5 Å². The first kappa shape index (κ1) is 22.7. The number of fused-ring (bicyclic) bond motifs is 3. The highest BCUT2D eigenvalue weighted by Gasteiger charge is 2.43. The number of carbonyl (C=O) groups excluding carboxylic acids is 1. The molecule has 1 unspecified atom stereocenters. The van der Waals surface area contributed by atoms with Gasteiger partial charge in [-0.2, -0.15) is 0 Å². The Bertz CT molecular complexity index is 1220. The average Bonchev–Trinajstić information content (AvgIpc) is 2.81. The summed E-state index contributed by atoms with van der Waals surface area (Å²) in [4.78, 5) is 27.1. The summed E-state index contributed by atoms with van der Waals surface area (Å²) >= 11 is 6.04. The molecule has 1 saturated heterocycles. The van der Waals surface area contributed by atoms with Crippen molar-refractivity contribution in [3.63, 3.8) is 0 Å². The van der Waals surface area contributed by atoms with E-state index in [-0.39, 0.29) is 23.3 Å². The first-order valence-corrected chi connectivity index (χ1v) is 12.1. The molecule has 5 rings (SSSR count). The standard InChI is InChI=1S/C27H30ClN5O/c1-17(2)26-30-23(29-19-11-9-18(28)10-12-19)13-24(31-26)32-14-22-20-7-5-6-8-21(20)27(3,4)16-33(22)25(34)15-32/h5-13,17,22H,14-16H2,1-4H3,(H,29,30,31). The fraction of sp³-hybridized carbons (Fsp3) is 0.370. The number of hydrogen-bond donors (Lipinski definition) is 1. The molecule has 0 saturated carbocycles. The summed E-state index contributed by atoms with van der Waals surface area (Å²) in [6.45, 7) is 10.3. The van der Waals surface area contributed by atoms with Gasteiger partial charge in [0.25, 0.3) is 0 Å². The molecule has 2 aliphatic rings. The van der Waals surface area contributed by atoms with Crippen LogP contribution in [-0.2, 0) is 10.2 Å². The number of nitrogens with one attached hydrogen (secondary N) is 1. The number of halogens is 1. The number of carbonyl (C=O) groups is 1. The molecule has 1 N–H and O–H groups in total. The lowest BCUT2D eigenvalue weighted by Gasteiger charge is -2.50. The van der Waals surface area contributed by atoms with Crippen molar-refractivity contribution in [1.29, 1.82) is 0 Å². The number of anilines is 3. The van der Waals surface area contributed by atoms with Crippen LogP contribution in [0.15, 0.2) is 54.6 Å². The second-order valence-corrected chi connectivity index (χ2v) is 10.6. The van der Waals surface area contributed by atoms with E-state index in [9.17, 15) is 4.79 Å². The van der Waals surface area contributed by atoms with Crippen LogP contribution in [0.5, 0.6) is 0 Å². The van der Waals surface area contributed by atoms with Crippen molar-refractivity contribution >= 4 is 34.8 Å². The van der Waals surface area contributed by atoms with Gasteiger partial charge in [0.05, 0.1) is 12.6 Å². The first-order valence-electron chi connectivity index (χ1n) is 11.8. The van der Waals surface area contributed by atoms with Crippen molar-refractivity contribution in [2.45, 2.75) is 45.1 Å². The minimum Gasteiger partial charge on any atom is -0.345 e. The van der Waals surface area contributed by atoms with E-state index in [1.165, 1.54) is 11.1 Å². The van der Waals surface area contributed by atoms with Crippen molar-refractivity contribution in [1.82, 2.24) is 14.9 Å². The van der Waals surface area contributed by atoms with Crippen molar-refractivity contribution in [2.24, 2.45) is 0 Å². The minimum absolute atomic E-state index is 0.00983. The molecule has 0 spiro atoms. The third-order valence-electron chi connectivity index (χ3n) is 6.72. The molecule has 1 atom stereocenters. The van der Waals surface area contributed by atoms with Gasteiger partial charge in [-0.25, -0.2) is 9.97 Å². The van der Waals surface area contributed by atoms with Gasteiger partial charge >= 0.3 is 0 Å². The van der Waals surface area contributed by atoms with Crippen molar-refractivity contribution in [3.05, 3.63) is 76.6 Å². The van der Waals surface area contributed by atoms with Crippen LogP contribution < -0.4 is 10.2 Å². The van der Waals surface area contributed by atoms with E-state index in [1.54, 1.807) is 0 Å². The molecule has 0 bridgehead atoms. The molecule has 0 radical (unpaired) electrons. The van der Waals surface area contributed by atoms with Crippen molar-refractivity contribution < 1.29 is 4.79 Å². The summed E-state index contributed by atoms with van der Waals surface area (Å²) in [6.07, 6.45) is 0. The molecule has 1 aromatic heterocycles. The summed E-state index contributed by atoms with van der Waals surface area (Å²) in [5, 5.41) is 4.05. The molecule has 7 heteroatoms. The number of aromatic nitrogens is 2. The number of nitrogens with zero attached hydrogens (tertiary/aromatic N) is 4. The number of rotatable bonds is 4. The highest BCUT2D eigenvalue weighted by Crippen LogP contribution is 2.42. The number of benzene rings is 2. The highest BCUT2D eigenvalue weighted by atomic mass is 35.5. The summed E-state index contributed by atoms with van der Waals surface area (Å²) in [5.74, 6) is 2.50. The van der Waals surface area contributed by atoms with Crippen molar-refractivity contribution in [2.75, 3.05) is 29.9 Å². The maximum atomic E-state index is 13.3. The van der Waals surface area contributed by atoms with Crippen LogP contribution in [0.2, 0.25) is 5.02 Å². The normalized spacial score (nSPS) is 19.1. The fourth-order valence-electron chi connectivity index (χ4n) is 4.97. The third kappa shape index (κ3) is 4.23. The Hall–Kier alpha value is -3.12. The number of piperazine rings is 1. The molecule has 2 aliphatic heterocycles. The Kier molecular flexibility index (Phi) is 5.72. The van der Waals surface area contributed by atoms with Crippen LogP contribution in [0.4, 0.5) is 17.3 Å². The van der Waals surface area contributed by atoms with Gasteiger partial charge in [0, 0.05) is 41.2 Å². The molecule has 1 amide bonds. The van der Waals surface area contributed by atoms with E-state index in [1.807, 2.05) is 30.3 Å². The zero-order valence-electron chi connectivity index (χ0n) is 20.0. The second-order valence-electron chi connectivity index (χ2n) is 10.1. The lowest BCUT2D eigenvalue weighted by atomic mass is 9.75. The van der Waals surface area contributed by atoms with E-state index >= 15 is 0 Å². The molecule has 176 valence electrons. The SMILES string of the molecule is CC(C)c1nc(Nc2ccc(Cl)cc2)cc(N2CC(=O)N3CC(C)(C)c4ccccc4C3C2)n1. The molecule has 0 aliphatic carbocycles. The largest absolute Gasteiger partial charge is 0.345 e. The Morgan fingerprint density at radius 3 is 2.56 bits per heavy atom. The molecule has 1 fully saturated rings. The number of hydrogen-bond acceptors (Lipinski definition) is 5. The molecule has 34 heavy (non-hydrogen) atoms. The van der Waals surface area contributed by atoms with Gasteiger partial charge < -0.3 is 15.1 Å². The monoisotopic (exact) mass is 475 g/mol. The summed E-state index contributed by atoms with van der Waals surface area (Å²) < 4.78 is 0. The zero-order valence-corrected chi connectivity index (χ0v) is 20.8. The van der Waals surface area contributed by atoms with E-state index in [2.05, 4.69) is 67.1 Å². The van der Waals surface area contributed by atoms with Gasteiger partial charge in [0.2, 0.25) is 5.91 Å². The van der Waals surface area contributed by atoms with Gasteiger partial charge in [-0.05, 0) is 35.4 Å². The van der Waals surface area contributed by atoms with Crippen LogP contribution in [0.1, 0.15) is 56.6 Å². The van der Waals surface area contributed by atoms with Crippen molar-refractivity contribution in [3.8, 4) is 0 Å². The Morgan fingerprint density at radius 1 is 1.09 bits per heavy atom. The molecule has 3 heterocycles. The van der Waals surface area contributed by atoms with E-state index in [0.717, 1.165) is 23.9 Å². The van der Waals surface area contributed by atoms with E-state index in [4.69, 9.17) is 21.6 Å². The summed E-state index contributed by atoms with van der Waals surface area (Å²) in [5.41, 5.74) is 3.38. The zero-order chi connectivity index (χ0) is 24.0. The number of amides is 1. The maximum absolute atomic E-state index is 13.3. The van der Waals surface area contributed by atoms with Crippen LogP contribution in [0.25, 0.3) is 0 Å². The summed E-state index contributed by atoms with van der Waals surface area (Å²) in [6, 6.07) is 18.0. The fourth-order valence-corrected chi connectivity index (χ4v) is 5.10. The minimum atomic E-state index is -0.0691. The smallest absolute Gasteiger partial charge is 0.242 e. The predicted octanol–water partition coefficient (Wildman–Crippen LogP) is 5.68. The van der Waals surface area contributed by atoms with E-state index < -0.39 is 0 Å². The highest BCUT2D eigenvalue weighted by molar-refractivity contribution is 6.30. The van der Waals surface area contributed by atoms with Crippen LogP contribution in [0, 0.1) is 0 Å². The summed E-state index contributed by atoms with van der Waals surface area (Å²) in [7, 11) is 0. The maximum Gasteiger partial charge on any atom is 0.242 e. The molecule has 6 nitrogen and oxygen atoms in total. The van der Waals surface area contributed by atoms with Crippen LogP contribution in [-0.4, -0.2) is 40.4 Å². The average molecular weight is 476 g/mol. The topological polar surface area (TPSA) is 61.4 Å². The molecule has 2 aromatic carbocycles. The van der Waals surface area contributed by atoms with Crippen LogP contribution in [0.3, 0.4) is 0 Å². The predicted molar refractivity (Wildman–Crippen MR) is 137 cm³/mol. The van der Waals surface area contributed by atoms with Gasteiger partial charge in [0.15, 0.2) is 0 Å². The van der Waals surface area contributed by atoms with Gasteiger partial charge in [-0.3, -0.25) is 4.79 Å². The Labute approximate surface area is 206 Å². The lowest BCUT2D eigenvalue weighted by molar-refractivity contribution is -0.135. The van der Waals surface area contributed by atoms with Crippen LogP contribution >= 0.6 is 11.6 Å². The van der Waals surface area contributed by atoms with Gasteiger partial charge in [-0.15, -0.1) is 0 Å². The second kappa shape index (κ2) is 8.58. The van der Waals surface area contributed by atoms with Gasteiger partial charge in [-0.1, -0.05) is 63.6 Å². The molecular weight excluding hydrogens is 446 g/mol. The van der Waals surface area contributed by atoms with E-state index in [0.29, 0.717) is 23.9 Å². The Morgan fingerprint density at radius 2 is 1.82 bits per heavy atom. The Balaban J connectivity index is 1.50. The molecule has 3 aromatic rings. The molecular formula is C27H30ClN5O. The quantitative estimate of drug-likeness (QED) is 0.526.